The Morgan fingerprint density at radius 1 is 0.800 bits per heavy atom. The molecule has 1 aliphatic heterocycles. The van der Waals surface area contributed by atoms with Gasteiger partial charge in [0.05, 0.1) is 12.6 Å². The Hall–Kier alpha value is -3.60. The number of hydrogen-bond donors (Lipinski definition) is 1. The lowest BCUT2D eigenvalue weighted by atomic mass is 9.74. The summed E-state index contributed by atoms with van der Waals surface area (Å²) in [5.74, 6) is -0.287. The lowest BCUT2D eigenvalue weighted by Crippen LogP contribution is -2.54. The quantitative estimate of drug-likeness (QED) is 0.203. The van der Waals surface area contributed by atoms with Crippen molar-refractivity contribution in [2.24, 2.45) is 0 Å². The van der Waals surface area contributed by atoms with Gasteiger partial charge < -0.3 is 4.74 Å². The van der Waals surface area contributed by atoms with Crippen LogP contribution in [0.5, 0.6) is 0 Å². The number of hydrogen-bond acceptors (Lipinski definition) is 4. The monoisotopic (exact) mass is 477 g/mol. The van der Waals surface area contributed by atoms with Crippen molar-refractivity contribution in [1.29, 1.82) is 0 Å². The fourth-order valence-corrected chi connectivity index (χ4v) is 5.50. The Morgan fingerprint density at radius 2 is 1.31 bits per heavy atom. The van der Waals surface area contributed by atoms with Crippen LogP contribution in [0.3, 0.4) is 0 Å². The van der Waals surface area contributed by atoms with Crippen molar-refractivity contribution in [3.8, 4) is 0 Å². The summed E-state index contributed by atoms with van der Waals surface area (Å²) in [5.41, 5.74) is 4.44. The van der Waals surface area contributed by atoms with Crippen LogP contribution in [0.1, 0.15) is 22.3 Å². The van der Waals surface area contributed by atoms with E-state index < -0.39 is 11.6 Å². The summed E-state index contributed by atoms with van der Waals surface area (Å²) in [6, 6.07) is 38.6. The highest BCUT2D eigenvalue weighted by Crippen LogP contribution is 2.47. The molecule has 0 N–H and O–H groups in total. The average molecular weight is 478 g/mol. The Morgan fingerprint density at radius 3 is 1.77 bits per heavy atom. The van der Waals surface area contributed by atoms with Crippen molar-refractivity contribution in [3.63, 3.8) is 0 Å². The fourth-order valence-electron chi connectivity index (χ4n) is 5.27. The fraction of sp³-hybridized carbons (Fsp3) is 0.129. The van der Waals surface area contributed by atoms with E-state index in [0.29, 0.717) is 6.54 Å². The lowest BCUT2D eigenvalue weighted by molar-refractivity contribution is -0.145. The van der Waals surface area contributed by atoms with Crippen molar-refractivity contribution in [1.82, 2.24) is 4.90 Å². The van der Waals surface area contributed by atoms with Gasteiger partial charge in [0.1, 0.15) is 6.04 Å². The number of ether oxygens (including phenoxy) is 1. The summed E-state index contributed by atoms with van der Waals surface area (Å²) >= 11 is 4.55. The van der Waals surface area contributed by atoms with Gasteiger partial charge in [-0.05, 0) is 40.0 Å². The minimum atomic E-state index is -0.723. The van der Waals surface area contributed by atoms with E-state index in [2.05, 4.69) is 96.4 Å². The van der Waals surface area contributed by atoms with Crippen LogP contribution >= 0.6 is 12.6 Å². The molecule has 35 heavy (non-hydrogen) atoms. The second-order valence-corrected chi connectivity index (χ2v) is 9.11. The maximum atomic E-state index is 13.5. The molecule has 1 heterocycles. The van der Waals surface area contributed by atoms with Gasteiger partial charge in [0.15, 0.2) is 0 Å². The molecule has 0 bridgehead atoms. The van der Waals surface area contributed by atoms with Gasteiger partial charge in [0.25, 0.3) is 0 Å². The first-order valence-corrected chi connectivity index (χ1v) is 12.1. The first-order valence-electron chi connectivity index (χ1n) is 11.7. The summed E-state index contributed by atoms with van der Waals surface area (Å²) in [6.45, 7) is 0.574. The average Bonchev–Trinajstić information content (AvgIpc) is 3.36. The summed E-state index contributed by atoms with van der Waals surface area (Å²) in [6.07, 6.45) is 2.15. The smallest absolute Gasteiger partial charge is 0.327 e. The number of benzene rings is 4. The minimum Gasteiger partial charge on any atom is -0.468 e. The van der Waals surface area contributed by atoms with Crippen LogP contribution < -0.4 is 0 Å². The molecule has 0 aromatic heterocycles. The molecule has 0 amide bonds. The molecule has 4 aromatic rings. The molecular weight excluding hydrogens is 450 g/mol. The summed E-state index contributed by atoms with van der Waals surface area (Å²) in [4.78, 5) is 16.6. The third-order valence-corrected chi connectivity index (χ3v) is 7.00. The summed E-state index contributed by atoms with van der Waals surface area (Å²) in [7, 11) is 1.46. The zero-order chi connectivity index (χ0) is 24.3. The number of methoxy groups -OCH3 is 1. The van der Waals surface area contributed by atoms with E-state index in [1.54, 1.807) is 0 Å². The molecule has 0 fully saturated rings. The largest absolute Gasteiger partial charge is 0.468 e. The van der Waals surface area contributed by atoms with Crippen LogP contribution in [0.25, 0.3) is 5.57 Å². The first-order chi connectivity index (χ1) is 17.2. The highest BCUT2D eigenvalue weighted by atomic mass is 32.1. The van der Waals surface area contributed by atoms with Gasteiger partial charge in [-0.3, -0.25) is 4.90 Å². The SMILES string of the molecule is COC(=O)[C@@H]1C(c2cccc(S)c2)=CCN1C(c1ccccc1)(c1ccccc1)c1ccccc1. The van der Waals surface area contributed by atoms with Crippen LogP contribution in [0, 0.1) is 0 Å². The maximum absolute atomic E-state index is 13.5. The van der Waals surface area contributed by atoms with Crippen LogP contribution in [0.4, 0.5) is 0 Å². The second-order valence-electron chi connectivity index (χ2n) is 8.60. The molecule has 1 atom stereocenters. The van der Waals surface area contributed by atoms with Gasteiger partial charge in [-0.1, -0.05) is 109 Å². The summed E-state index contributed by atoms with van der Waals surface area (Å²) in [5, 5.41) is 0. The zero-order valence-corrected chi connectivity index (χ0v) is 20.4. The van der Waals surface area contributed by atoms with Crippen molar-refractivity contribution < 1.29 is 9.53 Å². The van der Waals surface area contributed by atoms with Gasteiger partial charge in [0.2, 0.25) is 0 Å². The van der Waals surface area contributed by atoms with Gasteiger partial charge in [-0.2, -0.15) is 0 Å². The first kappa shape index (κ1) is 23.2. The highest BCUT2D eigenvalue weighted by Gasteiger charge is 2.50. The predicted octanol–water partition coefficient (Wildman–Crippen LogP) is 6.21. The van der Waals surface area contributed by atoms with E-state index in [-0.39, 0.29) is 5.97 Å². The molecule has 174 valence electrons. The van der Waals surface area contributed by atoms with Crippen molar-refractivity contribution in [3.05, 3.63) is 144 Å². The molecule has 0 aliphatic carbocycles. The molecule has 4 heteroatoms. The lowest BCUT2D eigenvalue weighted by Gasteiger charge is -2.46. The number of carbonyl (C=O) groups is 1. The van der Waals surface area contributed by atoms with Crippen LogP contribution in [0.15, 0.2) is 126 Å². The van der Waals surface area contributed by atoms with Crippen molar-refractivity contribution in [2.75, 3.05) is 13.7 Å². The Bertz CT molecular complexity index is 1240. The molecule has 0 saturated carbocycles. The Balaban J connectivity index is 1.79. The Kier molecular flexibility index (Phi) is 6.58. The number of carbonyl (C=O) groups excluding carboxylic acids is 1. The van der Waals surface area contributed by atoms with E-state index in [1.807, 2.05) is 42.5 Å². The normalized spacial score (nSPS) is 16.1. The third kappa shape index (κ3) is 4.09. The van der Waals surface area contributed by atoms with Gasteiger partial charge in [-0.15, -0.1) is 12.6 Å². The van der Waals surface area contributed by atoms with Gasteiger partial charge in [-0.25, -0.2) is 4.79 Å². The molecule has 4 aromatic carbocycles. The van der Waals surface area contributed by atoms with E-state index in [0.717, 1.165) is 32.7 Å². The molecule has 0 spiro atoms. The Labute approximate surface area is 212 Å². The maximum Gasteiger partial charge on any atom is 0.327 e. The predicted molar refractivity (Wildman–Crippen MR) is 143 cm³/mol. The standard InChI is InChI=1S/C31H27NO2S/c1-34-30(33)29-28(23-12-11-19-27(35)22-23)20-21-32(29)31(24-13-5-2-6-14-24,25-15-7-3-8-16-25)26-17-9-4-10-18-26/h2-20,22,29,35H,21H2,1H3/t29-/m0/s1. The number of esters is 1. The topological polar surface area (TPSA) is 29.5 Å². The van der Waals surface area contributed by atoms with E-state index in [1.165, 1.54) is 7.11 Å². The second kappa shape index (κ2) is 9.95. The number of thiol groups is 1. The molecule has 1 aliphatic rings. The molecule has 0 radical (unpaired) electrons. The molecular formula is C31H27NO2S. The van der Waals surface area contributed by atoms with Crippen LogP contribution in [0.2, 0.25) is 0 Å². The van der Waals surface area contributed by atoms with Crippen LogP contribution in [-0.4, -0.2) is 30.6 Å². The molecule has 5 rings (SSSR count). The van der Waals surface area contributed by atoms with Crippen LogP contribution in [-0.2, 0) is 15.1 Å². The molecule has 0 unspecified atom stereocenters. The third-order valence-electron chi connectivity index (χ3n) is 6.72. The highest BCUT2D eigenvalue weighted by molar-refractivity contribution is 7.80. The van der Waals surface area contributed by atoms with Crippen molar-refractivity contribution in [2.45, 2.75) is 16.5 Å². The van der Waals surface area contributed by atoms with E-state index >= 15 is 0 Å². The number of nitrogens with zero attached hydrogens (tertiary/aromatic N) is 1. The van der Waals surface area contributed by atoms with E-state index in [9.17, 15) is 4.79 Å². The number of rotatable bonds is 6. The minimum absolute atomic E-state index is 0.287. The zero-order valence-electron chi connectivity index (χ0n) is 19.5. The van der Waals surface area contributed by atoms with Gasteiger partial charge in [0, 0.05) is 11.4 Å². The van der Waals surface area contributed by atoms with E-state index in [4.69, 9.17) is 4.74 Å². The summed E-state index contributed by atoms with van der Waals surface area (Å²) < 4.78 is 5.41. The van der Waals surface area contributed by atoms with Crippen molar-refractivity contribution >= 4 is 24.2 Å². The molecule has 3 nitrogen and oxygen atoms in total. The molecule has 0 saturated heterocycles. The van der Waals surface area contributed by atoms with Gasteiger partial charge >= 0.3 is 5.97 Å².